The van der Waals surface area contributed by atoms with E-state index in [1.165, 1.54) is 13.8 Å². The molecule has 3 nitrogen and oxygen atoms in total. The summed E-state index contributed by atoms with van der Waals surface area (Å²) in [5.74, 6) is -0.586. The maximum Gasteiger partial charge on any atom is 0.219 e. The van der Waals surface area contributed by atoms with Gasteiger partial charge < -0.3 is 10.0 Å². The maximum absolute atomic E-state index is 11.4. The Morgan fingerprint density at radius 3 is 2.53 bits per heavy atom. The summed E-state index contributed by atoms with van der Waals surface area (Å²) < 4.78 is 22.0. The molecule has 1 N–H and O–H groups in total. The predicted molar refractivity (Wildman–Crippen MR) is 59.3 cm³/mol. The lowest BCUT2D eigenvalue weighted by molar-refractivity contribution is -0.131. The third kappa shape index (κ3) is 2.80. The first-order chi connectivity index (χ1) is 8.25. The van der Waals surface area contributed by atoms with Gasteiger partial charge in [0.15, 0.2) is 0 Å². The Bertz CT molecular complexity index is 406. The molecule has 1 amide bonds. The highest BCUT2D eigenvalue weighted by Crippen LogP contribution is 2.19. The number of carbonyl (C=O) groups is 1. The van der Waals surface area contributed by atoms with Crippen molar-refractivity contribution >= 4 is 5.91 Å². The van der Waals surface area contributed by atoms with Crippen LogP contribution in [0.1, 0.15) is 29.6 Å². The van der Waals surface area contributed by atoms with Crippen molar-refractivity contribution in [3.05, 3.63) is 35.9 Å². The van der Waals surface area contributed by atoms with Gasteiger partial charge in [-0.1, -0.05) is 30.3 Å². The van der Waals surface area contributed by atoms with Crippen molar-refractivity contribution in [1.82, 2.24) is 4.90 Å². The molecular weight excluding hydrogens is 190 g/mol. The van der Waals surface area contributed by atoms with E-state index in [2.05, 4.69) is 0 Å². The summed E-state index contributed by atoms with van der Waals surface area (Å²) in [5, 5.41) is 10.1. The number of rotatable bonds is 3. The van der Waals surface area contributed by atoms with Crippen LogP contribution in [0, 0.1) is 0 Å². The molecule has 0 heterocycles. The van der Waals surface area contributed by atoms with Crippen LogP contribution in [0.2, 0.25) is 0 Å². The van der Waals surface area contributed by atoms with Crippen molar-refractivity contribution in [1.29, 1.82) is 0 Å². The molecule has 0 radical (unpaired) electrons. The number of benzene rings is 1. The first kappa shape index (κ1) is 7.88. The Morgan fingerprint density at radius 2 is 2.07 bits per heavy atom. The van der Waals surface area contributed by atoms with Crippen LogP contribution in [0.3, 0.4) is 0 Å². The van der Waals surface area contributed by atoms with E-state index in [0.717, 1.165) is 4.90 Å². The van der Waals surface area contributed by atoms with E-state index in [1.54, 1.807) is 30.3 Å². The summed E-state index contributed by atoms with van der Waals surface area (Å²) in [6.45, 7) is 0.146. The highest BCUT2D eigenvalue weighted by Gasteiger charge is 2.21. The van der Waals surface area contributed by atoms with E-state index in [1.807, 2.05) is 0 Å². The molecule has 2 atom stereocenters. The molecule has 0 saturated carbocycles. The van der Waals surface area contributed by atoms with E-state index in [-0.39, 0.29) is 0 Å². The number of hydrogen-bond donors (Lipinski definition) is 1. The Morgan fingerprint density at radius 1 is 1.47 bits per heavy atom. The van der Waals surface area contributed by atoms with E-state index in [4.69, 9.17) is 4.11 Å². The van der Waals surface area contributed by atoms with Crippen molar-refractivity contribution in [2.24, 2.45) is 0 Å². The molecule has 1 aromatic carbocycles. The van der Waals surface area contributed by atoms with E-state index >= 15 is 0 Å². The lowest BCUT2D eigenvalue weighted by Gasteiger charge is -2.28. The van der Waals surface area contributed by atoms with Crippen LogP contribution >= 0.6 is 0 Å². The fraction of sp³-hybridized carbons (Fsp3) is 0.417. The van der Waals surface area contributed by atoms with Gasteiger partial charge in [-0.05, 0) is 12.5 Å². The summed E-state index contributed by atoms with van der Waals surface area (Å²) in [5.41, 5.74) is 0.584. The average molecular weight is 210 g/mol. The molecule has 0 fully saturated rings. The SMILES string of the molecule is [2H]C([2H])([2H])N(C(C)=O)[C@@H](C)[C@@H](O)c1ccccc1. The van der Waals surface area contributed by atoms with Crippen LogP contribution in [-0.4, -0.2) is 28.9 Å². The molecule has 0 aliphatic carbocycles. The highest BCUT2D eigenvalue weighted by atomic mass is 16.3. The fourth-order valence-electron chi connectivity index (χ4n) is 1.36. The number of likely N-dealkylation sites (N-methyl/N-ethyl adjacent to an activating group) is 1. The number of aliphatic hydroxyl groups is 1. The van der Waals surface area contributed by atoms with Gasteiger partial charge in [0, 0.05) is 18.0 Å². The number of nitrogens with zero attached hydrogens (tertiary/aromatic N) is 1. The summed E-state index contributed by atoms with van der Waals surface area (Å²) in [4.78, 5) is 12.1. The quantitative estimate of drug-likeness (QED) is 0.823. The summed E-state index contributed by atoms with van der Waals surface area (Å²) in [6, 6.07) is 7.86. The topological polar surface area (TPSA) is 40.5 Å². The van der Waals surface area contributed by atoms with Crippen LogP contribution in [0.15, 0.2) is 30.3 Å². The summed E-state index contributed by atoms with van der Waals surface area (Å²) in [6.07, 6.45) is -1.03. The molecule has 0 saturated heterocycles. The van der Waals surface area contributed by atoms with E-state index in [9.17, 15) is 9.90 Å². The van der Waals surface area contributed by atoms with Crippen LogP contribution in [0.25, 0.3) is 0 Å². The molecule has 15 heavy (non-hydrogen) atoms. The standard InChI is InChI=1S/C12H17NO2/c1-9(13(3)10(2)14)12(15)11-7-5-4-6-8-11/h4-9,12,15H,1-3H3/t9-,12+/m0/s1/i3D3. The molecule has 82 valence electrons. The Balaban J connectivity index is 2.98. The van der Waals surface area contributed by atoms with Crippen LogP contribution in [0.4, 0.5) is 0 Å². The normalized spacial score (nSPS) is 18.2. The number of amides is 1. The van der Waals surface area contributed by atoms with Crippen LogP contribution in [0.5, 0.6) is 0 Å². The smallest absolute Gasteiger partial charge is 0.219 e. The lowest BCUT2D eigenvalue weighted by Crippen LogP contribution is -2.37. The van der Waals surface area contributed by atoms with Gasteiger partial charge in [0.2, 0.25) is 5.91 Å². The van der Waals surface area contributed by atoms with Crippen molar-refractivity contribution in [2.45, 2.75) is 26.0 Å². The second kappa shape index (κ2) is 4.94. The lowest BCUT2D eigenvalue weighted by atomic mass is 10.0. The van der Waals surface area contributed by atoms with Crippen molar-refractivity contribution < 1.29 is 14.0 Å². The molecule has 3 heteroatoms. The molecule has 0 unspecified atom stereocenters. The molecule has 1 aromatic rings. The molecule has 0 aliphatic rings. The number of hydrogen-bond acceptors (Lipinski definition) is 2. The molecule has 1 rings (SSSR count). The van der Waals surface area contributed by atoms with Gasteiger partial charge in [-0.3, -0.25) is 4.79 Å². The van der Waals surface area contributed by atoms with Gasteiger partial charge in [0.25, 0.3) is 0 Å². The van der Waals surface area contributed by atoms with Gasteiger partial charge in [0.05, 0.1) is 12.1 Å². The summed E-state index contributed by atoms with van der Waals surface area (Å²) in [7, 11) is 0. The first-order valence-electron chi connectivity index (χ1n) is 6.28. The second-order valence-corrected chi connectivity index (χ2v) is 3.49. The molecular formula is C12H17NO2. The third-order valence-corrected chi connectivity index (χ3v) is 2.34. The average Bonchev–Trinajstić information content (AvgIpc) is 2.26. The van der Waals surface area contributed by atoms with Crippen molar-refractivity contribution in [3.8, 4) is 0 Å². The zero-order valence-corrected chi connectivity index (χ0v) is 8.84. The largest absolute Gasteiger partial charge is 0.386 e. The van der Waals surface area contributed by atoms with Gasteiger partial charge in [-0.15, -0.1) is 0 Å². The van der Waals surface area contributed by atoms with Gasteiger partial charge in [-0.2, -0.15) is 0 Å². The molecule has 0 spiro atoms. The zero-order valence-electron chi connectivity index (χ0n) is 11.8. The second-order valence-electron chi connectivity index (χ2n) is 3.49. The predicted octanol–water partition coefficient (Wildman–Crippen LogP) is 1.59. The minimum atomic E-state index is -2.55. The van der Waals surface area contributed by atoms with E-state index < -0.39 is 25.0 Å². The van der Waals surface area contributed by atoms with Gasteiger partial charge >= 0.3 is 0 Å². The molecule has 0 bridgehead atoms. The Hall–Kier alpha value is -1.35. The highest BCUT2D eigenvalue weighted by molar-refractivity contribution is 5.73. The van der Waals surface area contributed by atoms with Crippen molar-refractivity contribution in [3.63, 3.8) is 0 Å². The monoisotopic (exact) mass is 210 g/mol. The van der Waals surface area contributed by atoms with Crippen LogP contribution < -0.4 is 0 Å². The van der Waals surface area contributed by atoms with Crippen molar-refractivity contribution in [2.75, 3.05) is 6.98 Å². The van der Waals surface area contributed by atoms with Crippen LogP contribution in [-0.2, 0) is 4.79 Å². The maximum atomic E-state index is 11.4. The minimum Gasteiger partial charge on any atom is -0.386 e. The summed E-state index contributed by atoms with van der Waals surface area (Å²) >= 11 is 0. The first-order valence-corrected chi connectivity index (χ1v) is 4.78. The number of aliphatic hydroxyl groups excluding tert-OH is 1. The Kier molecular flexibility index (Phi) is 2.59. The molecule has 0 aromatic heterocycles. The zero-order chi connectivity index (χ0) is 13.9. The van der Waals surface area contributed by atoms with Gasteiger partial charge in [0.1, 0.15) is 0 Å². The number of carbonyl (C=O) groups excluding carboxylic acids is 1. The van der Waals surface area contributed by atoms with Gasteiger partial charge in [-0.25, -0.2) is 0 Å². The molecule has 0 aliphatic heterocycles. The third-order valence-electron chi connectivity index (χ3n) is 2.34. The van der Waals surface area contributed by atoms with E-state index in [0.29, 0.717) is 5.56 Å². The fourth-order valence-corrected chi connectivity index (χ4v) is 1.36. The Labute approximate surface area is 94.6 Å². The minimum absolute atomic E-state index is 0.584.